The predicted molar refractivity (Wildman–Crippen MR) is 86.8 cm³/mol. The maximum Gasteiger partial charge on any atom is 0.228 e. The van der Waals surface area contributed by atoms with Gasteiger partial charge in [0.25, 0.3) is 0 Å². The Bertz CT molecular complexity index is 827. The van der Waals surface area contributed by atoms with Crippen LogP contribution in [0, 0.1) is 5.92 Å². The largest absolute Gasteiger partial charge is 0.335 e. The van der Waals surface area contributed by atoms with Crippen LogP contribution in [-0.4, -0.2) is 29.6 Å². The van der Waals surface area contributed by atoms with E-state index in [1.807, 2.05) is 6.20 Å². The molecule has 0 aliphatic carbocycles. The Hall–Kier alpha value is -2.15. The smallest absolute Gasteiger partial charge is 0.228 e. The lowest BCUT2D eigenvalue weighted by atomic mass is 9.97. The van der Waals surface area contributed by atoms with Crippen LogP contribution in [0.4, 0.5) is 5.69 Å². The van der Waals surface area contributed by atoms with E-state index in [1.54, 1.807) is 31.3 Å². The molecule has 1 aliphatic heterocycles. The monoisotopic (exact) mass is 333 g/mol. The van der Waals surface area contributed by atoms with Gasteiger partial charge in [0.1, 0.15) is 5.82 Å². The molecule has 1 aliphatic rings. The van der Waals surface area contributed by atoms with Crippen molar-refractivity contribution in [3.8, 4) is 0 Å². The zero-order chi connectivity index (χ0) is 16.4. The number of sulfone groups is 1. The highest BCUT2D eigenvalue weighted by molar-refractivity contribution is 7.91. The van der Waals surface area contributed by atoms with E-state index in [1.165, 1.54) is 6.07 Å². The molecule has 0 saturated heterocycles. The Morgan fingerprint density at radius 2 is 2.26 bits per heavy atom. The molecule has 7 heteroatoms. The Morgan fingerprint density at radius 3 is 3.04 bits per heavy atom. The normalized spacial score (nSPS) is 17.5. The summed E-state index contributed by atoms with van der Waals surface area (Å²) in [7, 11) is -3.28. The van der Waals surface area contributed by atoms with E-state index in [0.29, 0.717) is 12.1 Å². The molecule has 122 valence electrons. The fourth-order valence-electron chi connectivity index (χ4n) is 2.75. The first-order valence-corrected chi connectivity index (χ1v) is 9.28. The molecule has 0 saturated carbocycles. The van der Waals surface area contributed by atoms with Gasteiger partial charge < -0.3 is 9.88 Å². The van der Waals surface area contributed by atoms with Crippen molar-refractivity contribution in [2.45, 2.75) is 31.2 Å². The molecule has 1 aromatic heterocycles. The molecule has 0 unspecified atom stereocenters. The Balaban J connectivity index is 1.73. The van der Waals surface area contributed by atoms with E-state index < -0.39 is 9.84 Å². The summed E-state index contributed by atoms with van der Waals surface area (Å²) >= 11 is 0. The van der Waals surface area contributed by atoms with E-state index >= 15 is 0 Å². The van der Waals surface area contributed by atoms with Gasteiger partial charge in [0.05, 0.1) is 10.6 Å². The lowest BCUT2D eigenvalue weighted by molar-refractivity contribution is -0.120. The van der Waals surface area contributed by atoms with Gasteiger partial charge >= 0.3 is 0 Å². The van der Waals surface area contributed by atoms with Crippen molar-refractivity contribution in [2.24, 2.45) is 5.92 Å². The molecule has 1 aromatic carbocycles. The van der Waals surface area contributed by atoms with Gasteiger partial charge in [-0.1, -0.05) is 13.0 Å². The molecule has 0 fully saturated rings. The number of aromatic nitrogens is 2. The standard InChI is InChI=1S/C16H19N3O3S/c1-2-23(21,22)14-5-3-4-13(11-14)18-16(20)12-6-8-19-9-7-17-15(19)10-12/h3-5,7,9,11-12H,2,6,8,10H2,1H3,(H,18,20)/t12-/m1/s1. The highest BCUT2D eigenvalue weighted by Gasteiger charge is 2.25. The molecule has 0 bridgehead atoms. The second-order valence-corrected chi connectivity index (χ2v) is 7.93. The van der Waals surface area contributed by atoms with Crippen molar-refractivity contribution in [1.29, 1.82) is 0 Å². The van der Waals surface area contributed by atoms with E-state index in [4.69, 9.17) is 0 Å². The summed E-state index contributed by atoms with van der Waals surface area (Å²) in [5.41, 5.74) is 0.512. The third-order valence-corrected chi connectivity index (χ3v) is 5.89. The SMILES string of the molecule is CCS(=O)(=O)c1cccc(NC(=O)[C@@H]2CCn3ccnc3C2)c1. The number of imidazole rings is 1. The number of hydrogen-bond acceptors (Lipinski definition) is 4. The van der Waals surface area contributed by atoms with Gasteiger partial charge in [-0.2, -0.15) is 0 Å². The molecule has 3 rings (SSSR count). The first-order chi connectivity index (χ1) is 11.0. The summed E-state index contributed by atoms with van der Waals surface area (Å²) in [6.07, 6.45) is 5.02. The molecule has 0 spiro atoms. The van der Waals surface area contributed by atoms with Crippen molar-refractivity contribution in [2.75, 3.05) is 11.1 Å². The number of benzene rings is 1. The molecule has 0 radical (unpaired) electrons. The molecule has 1 N–H and O–H groups in total. The average Bonchev–Trinajstić information content (AvgIpc) is 3.02. The zero-order valence-corrected chi connectivity index (χ0v) is 13.7. The van der Waals surface area contributed by atoms with Gasteiger partial charge in [-0.15, -0.1) is 0 Å². The second-order valence-electron chi connectivity index (χ2n) is 5.65. The molecule has 23 heavy (non-hydrogen) atoms. The number of aryl methyl sites for hydroxylation is 1. The van der Waals surface area contributed by atoms with Crippen molar-refractivity contribution < 1.29 is 13.2 Å². The lowest BCUT2D eigenvalue weighted by Crippen LogP contribution is -2.30. The summed E-state index contributed by atoms with van der Waals surface area (Å²) in [4.78, 5) is 16.9. The number of nitrogens with one attached hydrogen (secondary N) is 1. The highest BCUT2D eigenvalue weighted by Crippen LogP contribution is 2.22. The number of rotatable bonds is 4. The lowest BCUT2D eigenvalue weighted by Gasteiger charge is -2.22. The predicted octanol–water partition coefficient (Wildman–Crippen LogP) is 1.88. The third-order valence-electron chi connectivity index (χ3n) is 4.16. The maximum atomic E-state index is 12.4. The third kappa shape index (κ3) is 3.29. The van der Waals surface area contributed by atoms with E-state index in [2.05, 4.69) is 14.9 Å². The van der Waals surface area contributed by atoms with Crippen molar-refractivity contribution in [3.05, 3.63) is 42.5 Å². The summed E-state index contributed by atoms with van der Waals surface area (Å²) in [5, 5.41) is 2.83. The van der Waals surface area contributed by atoms with Gasteiger partial charge in [0, 0.05) is 37.0 Å². The molecule has 2 aromatic rings. The second kappa shape index (κ2) is 6.16. The Morgan fingerprint density at radius 1 is 1.43 bits per heavy atom. The van der Waals surface area contributed by atoms with Crippen LogP contribution in [0.5, 0.6) is 0 Å². The van der Waals surface area contributed by atoms with Crippen LogP contribution in [-0.2, 0) is 27.6 Å². The van der Waals surface area contributed by atoms with Crippen molar-refractivity contribution in [3.63, 3.8) is 0 Å². The summed E-state index contributed by atoms with van der Waals surface area (Å²) in [6, 6.07) is 6.41. The number of hydrogen-bond donors (Lipinski definition) is 1. The number of anilines is 1. The molecule has 1 atom stereocenters. The zero-order valence-electron chi connectivity index (χ0n) is 12.9. The number of carbonyl (C=O) groups excluding carboxylic acids is 1. The number of carbonyl (C=O) groups is 1. The minimum Gasteiger partial charge on any atom is -0.335 e. The van der Waals surface area contributed by atoms with Gasteiger partial charge in [-0.05, 0) is 24.6 Å². The summed E-state index contributed by atoms with van der Waals surface area (Å²) < 4.78 is 25.9. The van der Waals surface area contributed by atoms with Crippen LogP contribution in [0.25, 0.3) is 0 Å². The molecule has 1 amide bonds. The topological polar surface area (TPSA) is 81.1 Å². The molecular formula is C16H19N3O3S. The van der Waals surface area contributed by atoms with Crippen LogP contribution >= 0.6 is 0 Å². The fourth-order valence-corrected chi connectivity index (χ4v) is 3.68. The van der Waals surface area contributed by atoms with Gasteiger partial charge in [-0.25, -0.2) is 13.4 Å². The van der Waals surface area contributed by atoms with Gasteiger partial charge in [0.2, 0.25) is 5.91 Å². The highest BCUT2D eigenvalue weighted by atomic mass is 32.2. The summed E-state index contributed by atoms with van der Waals surface area (Å²) in [6.45, 7) is 2.38. The van der Waals surface area contributed by atoms with E-state index in [0.717, 1.165) is 18.8 Å². The average molecular weight is 333 g/mol. The first-order valence-electron chi connectivity index (χ1n) is 7.63. The number of nitrogens with zero attached hydrogens (tertiary/aromatic N) is 2. The minimum atomic E-state index is -3.28. The molecule has 6 nitrogen and oxygen atoms in total. The van der Waals surface area contributed by atoms with Crippen molar-refractivity contribution in [1.82, 2.24) is 9.55 Å². The Kier molecular flexibility index (Phi) is 4.21. The fraction of sp³-hybridized carbons (Fsp3) is 0.375. The summed E-state index contributed by atoms with van der Waals surface area (Å²) in [5.74, 6) is 0.718. The van der Waals surface area contributed by atoms with Gasteiger partial charge in [-0.3, -0.25) is 4.79 Å². The van der Waals surface area contributed by atoms with Crippen molar-refractivity contribution >= 4 is 21.4 Å². The maximum absolute atomic E-state index is 12.4. The Labute approximate surface area is 135 Å². The van der Waals surface area contributed by atoms with Crippen LogP contribution in [0.2, 0.25) is 0 Å². The minimum absolute atomic E-state index is 0.0374. The first kappa shape index (κ1) is 15.7. The van der Waals surface area contributed by atoms with Crippen LogP contribution in [0.15, 0.2) is 41.6 Å². The van der Waals surface area contributed by atoms with Crippen LogP contribution < -0.4 is 5.32 Å². The van der Waals surface area contributed by atoms with Crippen LogP contribution in [0.3, 0.4) is 0 Å². The number of amides is 1. The molecular weight excluding hydrogens is 314 g/mol. The number of fused-ring (bicyclic) bond motifs is 1. The quantitative estimate of drug-likeness (QED) is 0.926. The molecule has 2 heterocycles. The van der Waals surface area contributed by atoms with Gasteiger partial charge in [0.15, 0.2) is 9.84 Å². The van der Waals surface area contributed by atoms with E-state index in [-0.39, 0.29) is 22.5 Å². The van der Waals surface area contributed by atoms with Crippen LogP contribution in [0.1, 0.15) is 19.2 Å². The van der Waals surface area contributed by atoms with E-state index in [9.17, 15) is 13.2 Å².